The molecule has 0 bridgehead atoms. The average Bonchev–Trinajstić information content (AvgIpc) is 2.18. The predicted molar refractivity (Wildman–Crippen MR) is 53.0 cm³/mol. The normalized spacial score (nSPS) is 11.8. The second-order valence-electron chi connectivity index (χ2n) is 2.98. The Balaban J connectivity index is 2.63. The molecule has 1 N–H and O–H groups in total. The molecular weight excluding hydrogens is 178 g/mol. The number of hydrogen-bond acceptors (Lipinski definition) is 4. The lowest BCUT2D eigenvalue weighted by atomic mass is 10.3. The fourth-order valence-corrected chi connectivity index (χ4v) is 1.08. The molecule has 1 heterocycles. The van der Waals surface area contributed by atoms with E-state index in [4.69, 9.17) is 10.00 Å². The zero-order valence-corrected chi connectivity index (χ0v) is 8.32. The van der Waals surface area contributed by atoms with E-state index in [0.717, 1.165) is 6.54 Å². The molecule has 1 atom stereocenters. The summed E-state index contributed by atoms with van der Waals surface area (Å²) >= 11 is 0. The largest absolute Gasteiger partial charge is 0.473 e. The van der Waals surface area contributed by atoms with Gasteiger partial charge in [0, 0.05) is 18.8 Å². The number of pyridine rings is 1. The van der Waals surface area contributed by atoms with Crippen LogP contribution in [0.5, 0.6) is 5.88 Å². The van der Waals surface area contributed by atoms with E-state index in [2.05, 4.69) is 10.3 Å². The zero-order valence-electron chi connectivity index (χ0n) is 8.32. The van der Waals surface area contributed by atoms with Crippen molar-refractivity contribution in [1.82, 2.24) is 10.3 Å². The van der Waals surface area contributed by atoms with Crippen LogP contribution in [0.2, 0.25) is 0 Å². The molecule has 0 amide bonds. The number of hydrogen-bond donors (Lipinski definition) is 1. The van der Waals surface area contributed by atoms with Gasteiger partial charge in [-0.25, -0.2) is 4.98 Å². The maximum absolute atomic E-state index is 8.65. The van der Waals surface area contributed by atoms with Crippen molar-refractivity contribution in [3.05, 3.63) is 23.9 Å². The highest BCUT2D eigenvalue weighted by Crippen LogP contribution is 2.09. The Hall–Kier alpha value is -1.60. The van der Waals surface area contributed by atoms with Crippen LogP contribution in [0.3, 0.4) is 0 Å². The molecule has 1 aromatic rings. The van der Waals surface area contributed by atoms with Crippen molar-refractivity contribution in [2.24, 2.45) is 0 Å². The number of nitriles is 1. The molecule has 0 aliphatic rings. The Labute approximate surface area is 83.5 Å². The molecule has 0 radical (unpaired) electrons. The molecule has 14 heavy (non-hydrogen) atoms. The van der Waals surface area contributed by atoms with Gasteiger partial charge in [-0.2, -0.15) is 5.26 Å². The van der Waals surface area contributed by atoms with Gasteiger partial charge in [0.05, 0.1) is 11.6 Å². The van der Waals surface area contributed by atoms with Gasteiger partial charge in [0.25, 0.3) is 0 Å². The lowest BCUT2D eigenvalue weighted by Gasteiger charge is -2.12. The highest BCUT2D eigenvalue weighted by Gasteiger charge is 2.03. The maximum Gasteiger partial charge on any atom is 0.214 e. The standard InChI is InChI=1S/C10H13N3O/c1-8(7-12-2)14-10-5-9(6-11)3-4-13-10/h3-5,8,12H,7H2,1-2H3. The smallest absolute Gasteiger partial charge is 0.214 e. The van der Waals surface area contributed by atoms with E-state index in [1.54, 1.807) is 18.3 Å². The predicted octanol–water partition coefficient (Wildman–Crippen LogP) is 0.940. The van der Waals surface area contributed by atoms with Gasteiger partial charge in [-0.1, -0.05) is 0 Å². The molecule has 0 spiro atoms. The van der Waals surface area contributed by atoms with Crippen LogP contribution >= 0.6 is 0 Å². The number of nitrogens with one attached hydrogen (secondary N) is 1. The van der Waals surface area contributed by atoms with Gasteiger partial charge in [0.2, 0.25) is 5.88 Å². The lowest BCUT2D eigenvalue weighted by molar-refractivity contribution is 0.212. The molecule has 1 unspecified atom stereocenters. The van der Waals surface area contributed by atoms with Gasteiger partial charge < -0.3 is 10.1 Å². The third-order valence-electron chi connectivity index (χ3n) is 1.68. The fraction of sp³-hybridized carbons (Fsp3) is 0.400. The summed E-state index contributed by atoms with van der Waals surface area (Å²) in [5, 5.41) is 11.7. The van der Waals surface area contributed by atoms with E-state index in [0.29, 0.717) is 11.4 Å². The number of rotatable bonds is 4. The molecule has 0 aromatic carbocycles. The van der Waals surface area contributed by atoms with Crippen LogP contribution in [0, 0.1) is 11.3 Å². The van der Waals surface area contributed by atoms with Crippen LogP contribution in [-0.4, -0.2) is 24.7 Å². The zero-order chi connectivity index (χ0) is 10.4. The first-order chi connectivity index (χ1) is 6.76. The van der Waals surface area contributed by atoms with Gasteiger partial charge in [-0.15, -0.1) is 0 Å². The van der Waals surface area contributed by atoms with Crippen LogP contribution in [-0.2, 0) is 0 Å². The number of nitrogens with zero attached hydrogens (tertiary/aromatic N) is 2. The van der Waals surface area contributed by atoms with Crippen molar-refractivity contribution >= 4 is 0 Å². The van der Waals surface area contributed by atoms with Crippen molar-refractivity contribution < 1.29 is 4.74 Å². The van der Waals surface area contributed by atoms with E-state index in [9.17, 15) is 0 Å². The second-order valence-corrected chi connectivity index (χ2v) is 2.98. The van der Waals surface area contributed by atoms with Crippen molar-refractivity contribution in [2.45, 2.75) is 13.0 Å². The SMILES string of the molecule is CNCC(C)Oc1cc(C#N)ccn1. The Kier molecular flexibility index (Phi) is 3.89. The van der Waals surface area contributed by atoms with E-state index in [1.165, 1.54) is 0 Å². The molecule has 0 saturated carbocycles. The molecule has 0 fully saturated rings. The van der Waals surface area contributed by atoms with Gasteiger partial charge in [0.1, 0.15) is 6.10 Å². The van der Waals surface area contributed by atoms with E-state index in [1.807, 2.05) is 20.0 Å². The Morgan fingerprint density at radius 1 is 1.71 bits per heavy atom. The summed E-state index contributed by atoms with van der Waals surface area (Å²) in [6.07, 6.45) is 1.61. The molecule has 4 heteroatoms. The molecule has 0 saturated heterocycles. The van der Waals surface area contributed by atoms with Gasteiger partial charge in [-0.05, 0) is 20.0 Å². The fourth-order valence-electron chi connectivity index (χ4n) is 1.08. The summed E-state index contributed by atoms with van der Waals surface area (Å²) in [4.78, 5) is 4.01. The van der Waals surface area contributed by atoms with Crippen molar-refractivity contribution in [3.8, 4) is 11.9 Å². The molecule has 74 valence electrons. The Bertz CT molecular complexity index is 332. The van der Waals surface area contributed by atoms with Crippen LogP contribution in [0.1, 0.15) is 12.5 Å². The molecule has 0 aliphatic carbocycles. The first-order valence-electron chi connectivity index (χ1n) is 4.43. The summed E-state index contributed by atoms with van der Waals surface area (Å²) in [6, 6.07) is 5.32. The van der Waals surface area contributed by atoms with E-state index >= 15 is 0 Å². The van der Waals surface area contributed by atoms with Crippen LogP contribution < -0.4 is 10.1 Å². The Morgan fingerprint density at radius 2 is 2.50 bits per heavy atom. The van der Waals surface area contributed by atoms with Crippen molar-refractivity contribution in [2.75, 3.05) is 13.6 Å². The quantitative estimate of drug-likeness (QED) is 0.769. The molecule has 1 rings (SSSR count). The van der Waals surface area contributed by atoms with Gasteiger partial charge >= 0.3 is 0 Å². The maximum atomic E-state index is 8.65. The van der Waals surface area contributed by atoms with Crippen LogP contribution in [0.15, 0.2) is 18.3 Å². The number of likely N-dealkylation sites (N-methyl/N-ethyl adjacent to an activating group) is 1. The third kappa shape index (κ3) is 3.04. The highest BCUT2D eigenvalue weighted by atomic mass is 16.5. The van der Waals surface area contributed by atoms with Gasteiger partial charge in [-0.3, -0.25) is 0 Å². The van der Waals surface area contributed by atoms with E-state index < -0.39 is 0 Å². The summed E-state index contributed by atoms with van der Waals surface area (Å²) in [5.74, 6) is 0.492. The third-order valence-corrected chi connectivity index (χ3v) is 1.68. The number of ether oxygens (including phenoxy) is 1. The summed E-state index contributed by atoms with van der Waals surface area (Å²) in [7, 11) is 1.86. The monoisotopic (exact) mass is 191 g/mol. The molecule has 0 aliphatic heterocycles. The minimum atomic E-state index is 0.0430. The molecule has 1 aromatic heterocycles. The Morgan fingerprint density at radius 3 is 3.14 bits per heavy atom. The highest BCUT2D eigenvalue weighted by molar-refractivity contribution is 5.31. The average molecular weight is 191 g/mol. The first-order valence-corrected chi connectivity index (χ1v) is 4.43. The molecular formula is C10H13N3O. The molecule has 4 nitrogen and oxygen atoms in total. The lowest BCUT2D eigenvalue weighted by Crippen LogP contribution is -2.26. The van der Waals surface area contributed by atoms with Crippen LogP contribution in [0.25, 0.3) is 0 Å². The van der Waals surface area contributed by atoms with Crippen molar-refractivity contribution in [1.29, 1.82) is 5.26 Å². The minimum absolute atomic E-state index is 0.0430. The van der Waals surface area contributed by atoms with Crippen molar-refractivity contribution in [3.63, 3.8) is 0 Å². The number of aromatic nitrogens is 1. The summed E-state index contributed by atoms with van der Waals surface area (Å²) in [6.45, 7) is 2.69. The second kappa shape index (κ2) is 5.20. The minimum Gasteiger partial charge on any atom is -0.473 e. The summed E-state index contributed by atoms with van der Waals surface area (Å²) < 4.78 is 5.47. The summed E-state index contributed by atoms with van der Waals surface area (Å²) in [5.41, 5.74) is 0.562. The van der Waals surface area contributed by atoms with Gasteiger partial charge in [0.15, 0.2) is 0 Å². The van der Waals surface area contributed by atoms with E-state index in [-0.39, 0.29) is 6.10 Å². The topological polar surface area (TPSA) is 57.9 Å². The first kappa shape index (κ1) is 10.5. The van der Waals surface area contributed by atoms with Crippen LogP contribution in [0.4, 0.5) is 0 Å².